The molecule has 1 saturated carbocycles. The Labute approximate surface area is 125 Å². The second-order valence-corrected chi connectivity index (χ2v) is 5.94. The number of anilines is 1. The maximum Gasteiger partial charge on any atom is 0.227 e. The smallest absolute Gasteiger partial charge is 0.227 e. The average molecular weight is 289 g/mol. The molecule has 114 valence electrons. The minimum atomic E-state index is 0.144. The highest BCUT2D eigenvalue weighted by atomic mass is 16.5. The molecule has 1 aromatic rings. The van der Waals surface area contributed by atoms with Crippen LogP contribution < -0.4 is 10.1 Å². The zero-order valence-electron chi connectivity index (χ0n) is 12.3. The molecule has 1 heterocycles. The molecule has 0 spiro atoms. The molecule has 0 radical (unpaired) electrons. The number of amides is 1. The summed E-state index contributed by atoms with van der Waals surface area (Å²) < 4.78 is 11.4. The van der Waals surface area contributed by atoms with Crippen molar-refractivity contribution in [1.82, 2.24) is 0 Å². The number of hydrogen-bond acceptors (Lipinski definition) is 3. The molecule has 1 aromatic carbocycles. The molecule has 2 fully saturated rings. The Balaban J connectivity index is 1.45. The van der Waals surface area contributed by atoms with E-state index in [0.717, 1.165) is 43.7 Å². The number of carbonyl (C=O) groups is 1. The van der Waals surface area contributed by atoms with Gasteiger partial charge in [0.15, 0.2) is 0 Å². The summed E-state index contributed by atoms with van der Waals surface area (Å²) in [6.45, 7) is 1.45. The van der Waals surface area contributed by atoms with Crippen molar-refractivity contribution in [2.75, 3.05) is 18.5 Å². The van der Waals surface area contributed by atoms with Crippen molar-refractivity contribution < 1.29 is 14.3 Å². The molecule has 1 aliphatic heterocycles. The van der Waals surface area contributed by atoms with E-state index >= 15 is 0 Å². The summed E-state index contributed by atoms with van der Waals surface area (Å²) in [6, 6.07) is 7.60. The Bertz CT molecular complexity index is 461. The lowest BCUT2D eigenvalue weighted by Gasteiger charge is -2.24. The number of carbonyl (C=O) groups excluding carboxylic acids is 1. The monoisotopic (exact) mass is 289 g/mol. The van der Waals surface area contributed by atoms with Crippen LogP contribution in [-0.4, -0.2) is 25.2 Å². The van der Waals surface area contributed by atoms with Crippen molar-refractivity contribution in [3.05, 3.63) is 24.3 Å². The number of rotatable bonds is 5. The fraction of sp³-hybridized carbons (Fsp3) is 0.588. The Kier molecular flexibility index (Phi) is 4.76. The number of nitrogens with one attached hydrogen (secondary N) is 1. The number of hydrogen-bond donors (Lipinski definition) is 1. The van der Waals surface area contributed by atoms with Gasteiger partial charge in [0.1, 0.15) is 12.4 Å². The molecule has 1 aliphatic carbocycles. The minimum absolute atomic E-state index is 0.144. The van der Waals surface area contributed by atoms with Crippen LogP contribution in [0.4, 0.5) is 5.69 Å². The van der Waals surface area contributed by atoms with Crippen molar-refractivity contribution in [3.63, 3.8) is 0 Å². The molecule has 1 saturated heterocycles. The van der Waals surface area contributed by atoms with Gasteiger partial charge in [-0.05, 0) is 56.4 Å². The van der Waals surface area contributed by atoms with Crippen molar-refractivity contribution >= 4 is 11.6 Å². The van der Waals surface area contributed by atoms with Crippen LogP contribution in [0.25, 0.3) is 0 Å². The van der Waals surface area contributed by atoms with E-state index in [1.165, 1.54) is 12.8 Å². The third-order valence-electron chi connectivity index (χ3n) is 4.31. The summed E-state index contributed by atoms with van der Waals surface area (Å²) in [5, 5.41) is 2.96. The Morgan fingerprint density at radius 1 is 1.14 bits per heavy atom. The van der Waals surface area contributed by atoms with Crippen LogP contribution in [0.15, 0.2) is 24.3 Å². The first kappa shape index (κ1) is 14.4. The van der Waals surface area contributed by atoms with E-state index in [0.29, 0.717) is 6.61 Å². The van der Waals surface area contributed by atoms with Gasteiger partial charge in [-0.25, -0.2) is 0 Å². The Hall–Kier alpha value is -1.55. The number of ether oxygens (including phenoxy) is 2. The van der Waals surface area contributed by atoms with E-state index in [4.69, 9.17) is 9.47 Å². The zero-order valence-corrected chi connectivity index (χ0v) is 12.3. The summed E-state index contributed by atoms with van der Waals surface area (Å²) in [6.07, 6.45) is 6.90. The van der Waals surface area contributed by atoms with Crippen LogP contribution in [0, 0.1) is 5.92 Å². The van der Waals surface area contributed by atoms with E-state index in [1.54, 1.807) is 0 Å². The van der Waals surface area contributed by atoms with Crippen LogP contribution in [-0.2, 0) is 9.53 Å². The normalized spacial score (nSPS) is 22.4. The van der Waals surface area contributed by atoms with Gasteiger partial charge < -0.3 is 14.8 Å². The van der Waals surface area contributed by atoms with Gasteiger partial charge in [-0.3, -0.25) is 4.79 Å². The fourth-order valence-electron chi connectivity index (χ4n) is 2.68. The maximum atomic E-state index is 11.9. The molecule has 1 N–H and O–H groups in total. The second kappa shape index (κ2) is 6.94. The van der Waals surface area contributed by atoms with Gasteiger partial charge in [0.05, 0.1) is 6.10 Å². The van der Waals surface area contributed by atoms with E-state index in [9.17, 15) is 4.79 Å². The largest absolute Gasteiger partial charge is 0.491 e. The van der Waals surface area contributed by atoms with Gasteiger partial charge >= 0.3 is 0 Å². The average Bonchev–Trinajstić information content (AvgIpc) is 2.46. The van der Waals surface area contributed by atoms with Gasteiger partial charge in [-0.1, -0.05) is 6.42 Å². The highest BCUT2D eigenvalue weighted by molar-refractivity contribution is 5.93. The third-order valence-corrected chi connectivity index (χ3v) is 4.31. The van der Waals surface area contributed by atoms with Gasteiger partial charge in [0.2, 0.25) is 5.91 Å². The molecule has 4 heteroatoms. The SMILES string of the molecule is O=C(Nc1ccc(OCC2CCCCO2)cc1)C1CCC1. The topological polar surface area (TPSA) is 47.6 Å². The fourth-order valence-corrected chi connectivity index (χ4v) is 2.68. The van der Waals surface area contributed by atoms with Crippen LogP contribution in [0.2, 0.25) is 0 Å². The molecular weight excluding hydrogens is 266 g/mol. The molecule has 1 atom stereocenters. The predicted molar refractivity (Wildman–Crippen MR) is 81.5 cm³/mol. The van der Waals surface area contributed by atoms with Crippen LogP contribution >= 0.6 is 0 Å². The quantitative estimate of drug-likeness (QED) is 0.904. The van der Waals surface area contributed by atoms with E-state index in [-0.39, 0.29) is 17.9 Å². The minimum Gasteiger partial charge on any atom is -0.491 e. The van der Waals surface area contributed by atoms with Crippen LogP contribution in [0.1, 0.15) is 38.5 Å². The van der Waals surface area contributed by atoms with Crippen molar-refractivity contribution in [3.8, 4) is 5.75 Å². The first-order valence-electron chi connectivity index (χ1n) is 7.96. The lowest BCUT2D eigenvalue weighted by molar-refractivity contribution is -0.122. The van der Waals surface area contributed by atoms with Gasteiger partial charge in [0.25, 0.3) is 0 Å². The molecule has 0 aromatic heterocycles. The van der Waals surface area contributed by atoms with Crippen molar-refractivity contribution in [1.29, 1.82) is 0 Å². The highest BCUT2D eigenvalue weighted by Gasteiger charge is 2.25. The Morgan fingerprint density at radius 3 is 2.57 bits per heavy atom. The van der Waals surface area contributed by atoms with Crippen LogP contribution in [0.3, 0.4) is 0 Å². The molecule has 1 unspecified atom stereocenters. The van der Waals surface area contributed by atoms with Gasteiger partial charge in [-0.15, -0.1) is 0 Å². The standard InChI is InChI=1S/C17H23NO3/c19-17(13-4-3-5-13)18-14-7-9-15(10-8-14)21-12-16-6-1-2-11-20-16/h7-10,13,16H,1-6,11-12H2,(H,18,19). The predicted octanol–water partition coefficient (Wildman–Crippen LogP) is 3.37. The first-order chi connectivity index (χ1) is 10.3. The van der Waals surface area contributed by atoms with Gasteiger partial charge in [-0.2, -0.15) is 0 Å². The summed E-state index contributed by atoms with van der Waals surface area (Å²) in [5.41, 5.74) is 0.841. The third kappa shape index (κ3) is 3.97. The first-order valence-corrected chi connectivity index (χ1v) is 7.96. The molecule has 3 rings (SSSR count). The van der Waals surface area contributed by atoms with Crippen molar-refractivity contribution in [2.45, 2.75) is 44.6 Å². The lowest BCUT2D eigenvalue weighted by atomic mass is 9.85. The lowest BCUT2D eigenvalue weighted by Crippen LogP contribution is -2.28. The Morgan fingerprint density at radius 2 is 1.95 bits per heavy atom. The molecule has 2 aliphatic rings. The van der Waals surface area contributed by atoms with E-state index in [1.807, 2.05) is 24.3 Å². The summed E-state index contributed by atoms with van der Waals surface area (Å²) >= 11 is 0. The molecule has 0 bridgehead atoms. The molecule has 21 heavy (non-hydrogen) atoms. The molecule has 1 amide bonds. The molecule has 4 nitrogen and oxygen atoms in total. The van der Waals surface area contributed by atoms with Crippen LogP contribution in [0.5, 0.6) is 5.75 Å². The number of benzene rings is 1. The zero-order chi connectivity index (χ0) is 14.5. The summed E-state index contributed by atoms with van der Waals surface area (Å²) in [7, 11) is 0. The van der Waals surface area contributed by atoms with Crippen molar-refractivity contribution in [2.24, 2.45) is 5.92 Å². The van der Waals surface area contributed by atoms with E-state index in [2.05, 4.69) is 5.32 Å². The summed E-state index contributed by atoms with van der Waals surface area (Å²) in [4.78, 5) is 11.9. The summed E-state index contributed by atoms with van der Waals surface area (Å²) in [5.74, 6) is 1.18. The van der Waals surface area contributed by atoms with E-state index < -0.39 is 0 Å². The molecular formula is C17H23NO3. The maximum absolute atomic E-state index is 11.9. The second-order valence-electron chi connectivity index (χ2n) is 5.94. The van der Waals surface area contributed by atoms with Gasteiger partial charge in [0, 0.05) is 18.2 Å². The highest BCUT2D eigenvalue weighted by Crippen LogP contribution is 2.28.